The van der Waals surface area contributed by atoms with Crippen molar-refractivity contribution >= 4 is 48.9 Å². The van der Waals surface area contributed by atoms with E-state index in [9.17, 15) is 13.2 Å². The number of thiophene rings is 1. The molecule has 0 saturated heterocycles. The maximum atomic E-state index is 12.9. The second kappa shape index (κ2) is 9.00. The number of rotatable bonds is 7. The van der Waals surface area contributed by atoms with Gasteiger partial charge in [-0.3, -0.25) is 4.79 Å². The van der Waals surface area contributed by atoms with E-state index in [0.717, 1.165) is 22.5 Å². The fraction of sp³-hybridized carbons (Fsp3) is 0.150. The van der Waals surface area contributed by atoms with Crippen LogP contribution in [0.3, 0.4) is 0 Å². The van der Waals surface area contributed by atoms with Crippen LogP contribution in [0.25, 0.3) is 0 Å². The molecule has 0 saturated carbocycles. The van der Waals surface area contributed by atoms with Crippen LogP contribution in [0, 0.1) is 6.92 Å². The quantitative estimate of drug-likeness (QED) is 0.529. The molecule has 0 spiro atoms. The molecular weight excluding hydrogens is 460 g/mol. The summed E-state index contributed by atoms with van der Waals surface area (Å²) in [5, 5.41) is 2.81. The lowest BCUT2D eigenvalue weighted by molar-refractivity contribution is -0.117. The average Bonchev–Trinajstić information content (AvgIpc) is 3.09. The number of nitrogens with one attached hydrogen (secondary N) is 2. The van der Waals surface area contributed by atoms with Crippen LogP contribution in [0.5, 0.6) is 0 Å². The summed E-state index contributed by atoms with van der Waals surface area (Å²) in [7, 11) is -3.83. The summed E-state index contributed by atoms with van der Waals surface area (Å²) in [4.78, 5) is 12.9. The summed E-state index contributed by atoms with van der Waals surface area (Å²) in [6.45, 7) is 1.93. The lowest BCUT2D eigenvalue weighted by Crippen LogP contribution is -2.45. The normalized spacial score (nSPS) is 12.5. The highest BCUT2D eigenvalue weighted by molar-refractivity contribution is 9.11. The minimum Gasteiger partial charge on any atom is -0.325 e. The van der Waals surface area contributed by atoms with Gasteiger partial charge in [0.15, 0.2) is 0 Å². The molecule has 0 aliphatic carbocycles. The van der Waals surface area contributed by atoms with Crippen molar-refractivity contribution in [2.45, 2.75) is 23.6 Å². The highest BCUT2D eigenvalue weighted by Gasteiger charge is 2.27. The third-order valence-electron chi connectivity index (χ3n) is 4.00. The van der Waals surface area contributed by atoms with E-state index < -0.39 is 22.0 Å². The van der Waals surface area contributed by atoms with Gasteiger partial charge in [-0.05, 0) is 64.7 Å². The Morgan fingerprint density at radius 3 is 2.46 bits per heavy atom. The van der Waals surface area contributed by atoms with Crippen molar-refractivity contribution in [3.63, 3.8) is 0 Å². The van der Waals surface area contributed by atoms with Crippen LogP contribution in [0.1, 0.15) is 11.1 Å². The third-order valence-corrected chi connectivity index (χ3v) is 7.58. The molecule has 8 heteroatoms. The second-order valence-electron chi connectivity index (χ2n) is 6.28. The van der Waals surface area contributed by atoms with Gasteiger partial charge in [-0.1, -0.05) is 42.5 Å². The van der Waals surface area contributed by atoms with E-state index in [-0.39, 0.29) is 10.6 Å². The van der Waals surface area contributed by atoms with Crippen molar-refractivity contribution in [1.29, 1.82) is 0 Å². The van der Waals surface area contributed by atoms with Gasteiger partial charge in [0, 0.05) is 5.69 Å². The first kappa shape index (κ1) is 20.7. The number of amides is 1. The molecular formula is C20H19BrN2O3S2. The first-order valence-corrected chi connectivity index (χ1v) is 11.6. The molecule has 1 unspecified atom stereocenters. The van der Waals surface area contributed by atoms with Crippen LogP contribution in [0.15, 0.2) is 74.7 Å². The minimum absolute atomic E-state index is 0.154. The highest BCUT2D eigenvalue weighted by atomic mass is 79.9. The largest absolute Gasteiger partial charge is 0.325 e. The van der Waals surface area contributed by atoms with Crippen LogP contribution in [-0.2, 0) is 21.2 Å². The number of carbonyl (C=O) groups excluding carboxylic acids is 1. The molecule has 28 heavy (non-hydrogen) atoms. The summed E-state index contributed by atoms with van der Waals surface area (Å²) in [6.07, 6.45) is 0.240. The molecule has 0 aliphatic rings. The molecule has 1 atom stereocenters. The maximum Gasteiger partial charge on any atom is 0.250 e. The van der Waals surface area contributed by atoms with E-state index in [4.69, 9.17) is 0 Å². The number of carbonyl (C=O) groups is 1. The summed E-state index contributed by atoms with van der Waals surface area (Å²) in [5.41, 5.74) is 2.49. The van der Waals surface area contributed by atoms with Crippen molar-refractivity contribution in [3.8, 4) is 0 Å². The van der Waals surface area contributed by atoms with E-state index in [0.29, 0.717) is 9.47 Å². The SMILES string of the molecule is Cc1cccc(NC(=O)C(Cc2ccccc2)NS(=O)(=O)c2ccc(Br)s2)c1. The zero-order chi connectivity index (χ0) is 20.1. The van der Waals surface area contributed by atoms with Crippen LogP contribution < -0.4 is 10.0 Å². The first-order chi connectivity index (χ1) is 13.3. The van der Waals surface area contributed by atoms with Crippen molar-refractivity contribution in [2.75, 3.05) is 5.32 Å². The molecule has 0 radical (unpaired) electrons. The van der Waals surface area contributed by atoms with Gasteiger partial charge in [0.05, 0.1) is 3.79 Å². The molecule has 146 valence electrons. The molecule has 0 bridgehead atoms. The molecule has 5 nitrogen and oxygen atoms in total. The molecule has 3 aromatic rings. The van der Waals surface area contributed by atoms with Crippen LogP contribution in [0.2, 0.25) is 0 Å². The van der Waals surface area contributed by atoms with E-state index in [2.05, 4.69) is 26.0 Å². The summed E-state index contributed by atoms with van der Waals surface area (Å²) in [5.74, 6) is -0.409. The molecule has 0 aliphatic heterocycles. The number of hydrogen-bond acceptors (Lipinski definition) is 4. The van der Waals surface area contributed by atoms with Gasteiger partial charge in [-0.15, -0.1) is 11.3 Å². The summed E-state index contributed by atoms with van der Waals surface area (Å²) < 4.78 is 28.9. The number of anilines is 1. The number of sulfonamides is 1. The number of aryl methyl sites for hydroxylation is 1. The van der Waals surface area contributed by atoms with Crippen LogP contribution >= 0.6 is 27.3 Å². The van der Waals surface area contributed by atoms with Gasteiger partial charge >= 0.3 is 0 Å². The Labute approximate surface area is 177 Å². The first-order valence-electron chi connectivity index (χ1n) is 8.52. The smallest absolute Gasteiger partial charge is 0.250 e. The van der Waals surface area contributed by atoms with E-state index in [1.54, 1.807) is 12.1 Å². The van der Waals surface area contributed by atoms with E-state index in [1.807, 2.05) is 55.5 Å². The van der Waals surface area contributed by atoms with Gasteiger partial charge in [0.1, 0.15) is 10.3 Å². The molecule has 1 amide bonds. The van der Waals surface area contributed by atoms with Crippen molar-refractivity contribution < 1.29 is 13.2 Å². The van der Waals surface area contributed by atoms with Gasteiger partial charge in [0.2, 0.25) is 5.91 Å². The lowest BCUT2D eigenvalue weighted by atomic mass is 10.1. The van der Waals surface area contributed by atoms with Gasteiger partial charge < -0.3 is 5.32 Å². The fourth-order valence-corrected chi connectivity index (χ4v) is 5.90. The Balaban J connectivity index is 1.85. The van der Waals surface area contributed by atoms with E-state index >= 15 is 0 Å². The van der Waals surface area contributed by atoms with Crippen molar-refractivity contribution in [2.24, 2.45) is 0 Å². The molecule has 2 aromatic carbocycles. The fourth-order valence-electron chi connectivity index (χ4n) is 2.68. The zero-order valence-electron chi connectivity index (χ0n) is 15.1. The minimum atomic E-state index is -3.83. The van der Waals surface area contributed by atoms with Crippen LogP contribution in [0.4, 0.5) is 5.69 Å². The lowest BCUT2D eigenvalue weighted by Gasteiger charge is -2.18. The van der Waals surface area contributed by atoms with Gasteiger partial charge in [0.25, 0.3) is 10.0 Å². The molecule has 2 N–H and O–H groups in total. The second-order valence-corrected chi connectivity index (χ2v) is 10.7. The van der Waals surface area contributed by atoms with Gasteiger partial charge in [-0.25, -0.2) is 8.42 Å². The van der Waals surface area contributed by atoms with Crippen LogP contribution in [-0.4, -0.2) is 20.4 Å². The highest BCUT2D eigenvalue weighted by Crippen LogP contribution is 2.26. The number of halogens is 1. The van der Waals surface area contributed by atoms with Crippen molar-refractivity contribution in [1.82, 2.24) is 4.72 Å². The Morgan fingerprint density at radius 1 is 1.07 bits per heavy atom. The number of benzene rings is 2. The Kier molecular flexibility index (Phi) is 6.66. The Morgan fingerprint density at radius 2 is 1.82 bits per heavy atom. The third kappa shape index (κ3) is 5.51. The zero-order valence-corrected chi connectivity index (χ0v) is 18.3. The van der Waals surface area contributed by atoms with E-state index in [1.165, 1.54) is 6.07 Å². The topological polar surface area (TPSA) is 75.3 Å². The van der Waals surface area contributed by atoms with Gasteiger partial charge in [-0.2, -0.15) is 4.72 Å². The predicted octanol–water partition coefficient (Wildman–Crippen LogP) is 4.35. The standard InChI is InChI=1S/C20H19BrN2O3S2/c1-14-6-5-9-16(12-14)22-20(24)17(13-15-7-3-2-4-8-15)23-28(25,26)19-11-10-18(21)27-19/h2-12,17,23H,13H2,1H3,(H,22,24). The Bertz CT molecular complexity index is 1070. The maximum absolute atomic E-state index is 12.9. The summed E-state index contributed by atoms with van der Waals surface area (Å²) in [6, 6.07) is 18.9. The molecule has 1 heterocycles. The molecule has 0 fully saturated rings. The monoisotopic (exact) mass is 478 g/mol. The van der Waals surface area contributed by atoms with Crippen molar-refractivity contribution in [3.05, 3.63) is 81.6 Å². The Hall–Kier alpha value is -2.00. The summed E-state index contributed by atoms with van der Waals surface area (Å²) >= 11 is 4.37. The number of hydrogen-bond donors (Lipinski definition) is 2. The predicted molar refractivity (Wildman–Crippen MR) is 116 cm³/mol. The average molecular weight is 479 g/mol. The molecule has 1 aromatic heterocycles. The molecule has 3 rings (SSSR count).